The molecule has 1 aromatic rings. The topological polar surface area (TPSA) is 26.0 Å². The minimum absolute atomic E-state index is 0.0927. The van der Waals surface area contributed by atoms with Crippen LogP contribution in [0.25, 0.3) is 0 Å². The fraction of sp³-hybridized carbons (Fsp3) is 0.500. The summed E-state index contributed by atoms with van der Waals surface area (Å²) in [5.74, 6) is 0. The first-order valence-corrected chi connectivity index (χ1v) is 4.76. The SMILES string of the molecule is Cc1cccc(C)c1C(C)(C)CN. The molecule has 0 amide bonds. The normalized spacial score (nSPS) is 11.8. The number of hydrogen-bond acceptors (Lipinski definition) is 1. The average Bonchev–Trinajstić information content (AvgIpc) is 2.03. The Morgan fingerprint density at radius 1 is 1.15 bits per heavy atom. The summed E-state index contributed by atoms with van der Waals surface area (Å²) < 4.78 is 0. The molecule has 1 rings (SSSR count). The molecule has 1 heteroatoms. The smallest absolute Gasteiger partial charge is 0.00243 e. The second kappa shape index (κ2) is 3.51. The molecule has 0 radical (unpaired) electrons. The van der Waals surface area contributed by atoms with E-state index in [0.29, 0.717) is 6.54 Å². The Morgan fingerprint density at radius 3 is 2.00 bits per heavy atom. The molecule has 0 aliphatic heterocycles. The van der Waals surface area contributed by atoms with Crippen molar-refractivity contribution in [1.82, 2.24) is 0 Å². The minimum atomic E-state index is 0.0927. The van der Waals surface area contributed by atoms with Crippen molar-refractivity contribution in [2.45, 2.75) is 33.1 Å². The zero-order chi connectivity index (χ0) is 10.1. The van der Waals surface area contributed by atoms with Crippen molar-refractivity contribution >= 4 is 0 Å². The van der Waals surface area contributed by atoms with Crippen LogP contribution < -0.4 is 5.73 Å². The van der Waals surface area contributed by atoms with Gasteiger partial charge in [0.05, 0.1) is 0 Å². The van der Waals surface area contributed by atoms with Crippen molar-refractivity contribution in [2.75, 3.05) is 6.54 Å². The molecule has 1 aromatic carbocycles. The maximum absolute atomic E-state index is 5.78. The van der Waals surface area contributed by atoms with Gasteiger partial charge in [0, 0.05) is 12.0 Å². The minimum Gasteiger partial charge on any atom is -0.330 e. The quantitative estimate of drug-likeness (QED) is 0.738. The molecule has 0 bridgehead atoms. The van der Waals surface area contributed by atoms with Gasteiger partial charge in [-0.25, -0.2) is 0 Å². The van der Waals surface area contributed by atoms with Crippen molar-refractivity contribution in [1.29, 1.82) is 0 Å². The molecule has 0 heterocycles. The van der Waals surface area contributed by atoms with E-state index in [1.54, 1.807) is 0 Å². The van der Waals surface area contributed by atoms with E-state index in [-0.39, 0.29) is 5.41 Å². The van der Waals surface area contributed by atoms with E-state index in [0.717, 1.165) is 0 Å². The lowest BCUT2D eigenvalue weighted by Crippen LogP contribution is -2.29. The van der Waals surface area contributed by atoms with Crippen LogP contribution in [0.15, 0.2) is 18.2 Å². The zero-order valence-corrected chi connectivity index (χ0v) is 9.02. The third-order valence-electron chi connectivity index (χ3n) is 2.67. The molecule has 0 aliphatic rings. The fourth-order valence-electron chi connectivity index (χ4n) is 1.98. The summed E-state index contributed by atoms with van der Waals surface area (Å²) >= 11 is 0. The van der Waals surface area contributed by atoms with Crippen LogP contribution in [0.2, 0.25) is 0 Å². The van der Waals surface area contributed by atoms with Crippen molar-refractivity contribution in [3.63, 3.8) is 0 Å². The predicted molar refractivity (Wildman–Crippen MR) is 58.0 cm³/mol. The highest BCUT2D eigenvalue weighted by atomic mass is 14.6. The summed E-state index contributed by atoms with van der Waals surface area (Å²) in [7, 11) is 0. The van der Waals surface area contributed by atoms with Gasteiger partial charge in [-0.3, -0.25) is 0 Å². The Morgan fingerprint density at radius 2 is 1.62 bits per heavy atom. The van der Waals surface area contributed by atoms with E-state index < -0.39 is 0 Å². The summed E-state index contributed by atoms with van der Waals surface area (Å²) in [6.45, 7) is 9.39. The molecule has 0 unspecified atom stereocenters. The van der Waals surface area contributed by atoms with E-state index >= 15 is 0 Å². The van der Waals surface area contributed by atoms with E-state index in [1.807, 2.05) is 0 Å². The fourth-order valence-corrected chi connectivity index (χ4v) is 1.98. The van der Waals surface area contributed by atoms with Gasteiger partial charge in [-0.05, 0) is 30.5 Å². The summed E-state index contributed by atoms with van der Waals surface area (Å²) in [5.41, 5.74) is 9.96. The molecule has 0 fully saturated rings. The molecule has 2 N–H and O–H groups in total. The van der Waals surface area contributed by atoms with Crippen LogP contribution in [0.4, 0.5) is 0 Å². The van der Waals surface area contributed by atoms with Gasteiger partial charge in [-0.15, -0.1) is 0 Å². The highest BCUT2D eigenvalue weighted by molar-refractivity contribution is 5.39. The molecule has 0 aromatic heterocycles. The molecule has 0 saturated heterocycles. The average molecular weight is 177 g/mol. The van der Waals surface area contributed by atoms with E-state index in [2.05, 4.69) is 45.9 Å². The predicted octanol–water partition coefficient (Wildman–Crippen LogP) is 2.54. The van der Waals surface area contributed by atoms with Crippen LogP contribution in [0.1, 0.15) is 30.5 Å². The van der Waals surface area contributed by atoms with Gasteiger partial charge in [0.2, 0.25) is 0 Å². The number of aryl methyl sites for hydroxylation is 2. The lowest BCUT2D eigenvalue weighted by atomic mass is 9.79. The summed E-state index contributed by atoms with van der Waals surface area (Å²) in [6, 6.07) is 6.40. The van der Waals surface area contributed by atoms with Crippen molar-refractivity contribution in [3.05, 3.63) is 34.9 Å². The first kappa shape index (κ1) is 10.3. The van der Waals surface area contributed by atoms with E-state index in [9.17, 15) is 0 Å². The van der Waals surface area contributed by atoms with Gasteiger partial charge in [0.1, 0.15) is 0 Å². The first-order valence-electron chi connectivity index (χ1n) is 4.76. The highest BCUT2D eigenvalue weighted by Gasteiger charge is 2.21. The van der Waals surface area contributed by atoms with Gasteiger partial charge in [0.15, 0.2) is 0 Å². The standard InChI is InChI=1S/C12H19N/c1-9-6-5-7-10(2)11(9)12(3,4)8-13/h5-7H,8,13H2,1-4H3. The number of nitrogens with two attached hydrogens (primary N) is 1. The molecular formula is C12H19N. The van der Waals surface area contributed by atoms with Gasteiger partial charge in [-0.2, -0.15) is 0 Å². The van der Waals surface area contributed by atoms with Crippen molar-refractivity contribution < 1.29 is 0 Å². The first-order chi connectivity index (χ1) is 5.99. The van der Waals surface area contributed by atoms with Crippen LogP contribution in [0, 0.1) is 13.8 Å². The zero-order valence-electron chi connectivity index (χ0n) is 9.02. The highest BCUT2D eigenvalue weighted by Crippen LogP contribution is 2.27. The summed E-state index contributed by atoms with van der Waals surface area (Å²) in [5, 5.41) is 0. The van der Waals surface area contributed by atoms with Crippen LogP contribution in [-0.2, 0) is 5.41 Å². The van der Waals surface area contributed by atoms with E-state index in [1.165, 1.54) is 16.7 Å². The summed E-state index contributed by atoms with van der Waals surface area (Å²) in [4.78, 5) is 0. The Bertz CT molecular complexity index is 280. The van der Waals surface area contributed by atoms with E-state index in [4.69, 9.17) is 5.73 Å². The second-order valence-corrected chi connectivity index (χ2v) is 4.35. The Hall–Kier alpha value is -0.820. The van der Waals surface area contributed by atoms with Crippen molar-refractivity contribution in [2.24, 2.45) is 5.73 Å². The third-order valence-corrected chi connectivity index (χ3v) is 2.67. The maximum atomic E-state index is 5.78. The van der Waals surface area contributed by atoms with Gasteiger partial charge >= 0.3 is 0 Å². The Kier molecular flexibility index (Phi) is 2.77. The van der Waals surface area contributed by atoms with Crippen molar-refractivity contribution in [3.8, 4) is 0 Å². The molecule has 0 saturated carbocycles. The van der Waals surface area contributed by atoms with Crippen LogP contribution in [0.3, 0.4) is 0 Å². The lowest BCUT2D eigenvalue weighted by molar-refractivity contribution is 0.532. The lowest BCUT2D eigenvalue weighted by Gasteiger charge is -2.27. The van der Waals surface area contributed by atoms with Crippen LogP contribution in [-0.4, -0.2) is 6.54 Å². The molecule has 0 aliphatic carbocycles. The molecule has 0 atom stereocenters. The largest absolute Gasteiger partial charge is 0.330 e. The summed E-state index contributed by atoms with van der Waals surface area (Å²) in [6.07, 6.45) is 0. The van der Waals surface area contributed by atoms with Gasteiger partial charge in [0.25, 0.3) is 0 Å². The van der Waals surface area contributed by atoms with Gasteiger partial charge < -0.3 is 5.73 Å². The Labute approximate surface area is 81.0 Å². The monoisotopic (exact) mass is 177 g/mol. The molecular weight excluding hydrogens is 158 g/mol. The van der Waals surface area contributed by atoms with Crippen LogP contribution >= 0.6 is 0 Å². The number of hydrogen-bond donors (Lipinski definition) is 1. The molecule has 0 spiro atoms. The molecule has 1 nitrogen and oxygen atoms in total. The second-order valence-electron chi connectivity index (χ2n) is 4.35. The van der Waals surface area contributed by atoms with Gasteiger partial charge in [-0.1, -0.05) is 32.0 Å². The Balaban J connectivity index is 3.28. The van der Waals surface area contributed by atoms with Crippen LogP contribution in [0.5, 0.6) is 0 Å². The number of rotatable bonds is 2. The number of benzene rings is 1. The molecule has 72 valence electrons. The third kappa shape index (κ3) is 1.92. The maximum Gasteiger partial charge on any atom is 0.00243 e. The molecule has 13 heavy (non-hydrogen) atoms.